The molecule has 1 saturated heterocycles. The smallest absolute Gasteiger partial charge is 0.338 e. The van der Waals surface area contributed by atoms with Crippen molar-refractivity contribution in [2.24, 2.45) is 11.3 Å². The number of rotatable bonds is 0. The Hall–Kier alpha value is -0.830. The molecule has 0 radical (unpaired) electrons. The lowest BCUT2D eigenvalue weighted by atomic mass is 9.59. The van der Waals surface area contributed by atoms with Gasteiger partial charge in [-0.15, -0.1) is 0 Å². The molecule has 2 aliphatic carbocycles. The van der Waals surface area contributed by atoms with E-state index in [1.807, 2.05) is 0 Å². The lowest BCUT2D eigenvalue weighted by Gasteiger charge is -2.46. The third kappa shape index (κ3) is 1.43. The van der Waals surface area contributed by atoms with E-state index in [9.17, 15) is 9.90 Å². The second kappa shape index (κ2) is 3.60. The van der Waals surface area contributed by atoms with Gasteiger partial charge in [-0.2, -0.15) is 0 Å². The van der Waals surface area contributed by atoms with Gasteiger partial charge in [0.05, 0.1) is 0 Å². The van der Waals surface area contributed by atoms with Crippen molar-refractivity contribution in [3.8, 4) is 0 Å². The monoisotopic (exact) mass is 250 g/mol. The molecule has 0 amide bonds. The summed E-state index contributed by atoms with van der Waals surface area (Å²) < 4.78 is 5.54. The van der Waals surface area contributed by atoms with Crippen molar-refractivity contribution in [3.63, 3.8) is 0 Å². The first kappa shape index (κ1) is 12.2. The first-order chi connectivity index (χ1) is 8.36. The van der Waals surface area contributed by atoms with Crippen molar-refractivity contribution in [2.45, 2.75) is 64.6 Å². The second-order valence-corrected chi connectivity index (χ2v) is 6.73. The molecule has 3 rings (SSSR count). The minimum Gasteiger partial charge on any atom is -0.455 e. The predicted octanol–water partition coefficient (Wildman–Crippen LogP) is 2.58. The molecule has 3 aliphatic rings. The fourth-order valence-corrected chi connectivity index (χ4v) is 4.30. The van der Waals surface area contributed by atoms with Gasteiger partial charge in [-0.05, 0) is 56.9 Å². The van der Waals surface area contributed by atoms with Crippen LogP contribution in [-0.2, 0) is 9.53 Å². The van der Waals surface area contributed by atoms with E-state index >= 15 is 0 Å². The van der Waals surface area contributed by atoms with Crippen molar-refractivity contribution in [1.29, 1.82) is 0 Å². The number of ether oxygens (including phenoxy) is 1. The molecule has 100 valence electrons. The number of hydrogen-bond donors (Lipinski definition) is 1. The van der Waals surface area contributed by atoms with Crippen LogP contribution in [0.15, 0.2) is 11.1 Å². The van der Waals surface area contributed by atoms with Crippen LogP contribution in [0.2, 0.25) is 0 Å². The Balaban J connectivity index is 2.06. The van der Waals surface area contributed by atoms with Crippen molar-refractivity contribution in [3.05, 3.63) is 11.1 Å². The van der Waals surface area contributed by atoms with E-state index in [0.717, 1.165) is 19.3 Å². The minimum absolute atomic E-state index is 0.0545. The molecule has 1 N–H and O–H groups in total. The molecule has 3 heteroatoms. The molecule has 3 nitrogen and oxygen atoms in total. The van der Waals surface area contributed by atoms with E-state index in [0.29, 0.717) is 0 Å². The summed E-state index contributed by atoms with van der Waals surface area (Å²) in [5, 5.41) is 10.3. The van der Waals surface area contributed by atoms with Crippen LogP contribution in [0.5, 0.6) is 0 Å². The molecular formula is C15H22O3. The van der Waals surface area contributed by atoms with Crippen LogP contribution in [-0.4, -0.2) is 22.8 Å². The quantitative estimate of drug-likeness (QED) is 0.531. The fraction of sp³-hybridized carbons (Fsp3) is 0.800. The molecule has 1 heterocycles. The van der Waals surface area contributed by atoms with E-state index in [-0.39, 0.29) is 17.4 Å². The van der Waals surface area contributed by atoms with Crippen molar-refractivity contribution in [2.75, 3.05) is 0 Å². The van der Waals surface area contributed by atoms with Crippen LogP contribution in [0.3, 0.4) is 0 Å². The Labute approximate surface area is 108 Å². The molecule has 2 fully saturated rings. The summed E-state index contributed by atoms with van der Waals surface area (Å²) >= 11 is 0. The lowest BCUT2D eigenvalue weighted by molar-refractivity contribution is -0.153. The minimum atomic E-state index is -1.29. The van der Waals surface area contributed by atoms with Crippen LogP contribution < -0.4 is 0 Å². The van der Waals surface area contributed by atoms with E-state index in [1.165, 1.54) is 24.0 Å². The van der Waals surface area contributed by atoms with Gasteiger partial charge in [0, 0.05) is 5.92 Å². The molecule has 1 aliphatic heterocycles. The number of carbonyl (C=O) groups excluding carboxylic acids is 1. The van der Waals surface area contributed by atoms with Gasteiger partial charge in [0.25, 0.3) is 0 Å². The average Bonchev–Trinajstić information content (AvgIpc) is 2.49. The first-order valence-electron chi connectivity index (χ1n) is 7.00. The van der Waals surface area contributed by atoms with Gasteiger partial charge in [0.15, 0.2) is 5.60 Å². The summed E-state index contributed by atoms with van der Waals surface area (Å²) in [5.74, 6) is -0.492. The maximum Gasteiger partial charge on any atom is 0.338 e. The molecule has 0 aromatic carbocycles. The molecule has 0 spiro atoms. The second-order valence-electron chi connectivity index (χ2n) is 6.73. The number of aliphatic hydroxyl groups is 1. The topological polar surface area (TPSA) is 46.5 Å². The van der Waals surface area contributed by atoms with Crippen LogP contribution in [0.4, 0.5) is 0 Å². The highest BCUT2D eigenvalue weighted by Crippen LogP contribution is 2.56. The average molecular weight is 250 g/mol. The maximum atomic E-state index is 11.9. The van der Waals surface area contributed by atoms with Crippen LogP contribution in [0.1, 0.15) is 52.9 Å². The molecule has 0 bridgehead atoms. The van der Waals surface area contributed by atoms with E-state index in [2.05, 4.69) is 13.8 Å². The van der Waals surface area contributed by atoms with Crippen LogP contribution >= 0.6 is 0 Å². The number of fused-ring (bicyclic) bond motifs is 3. The molecule has 0 unspecified atom stereocenters. The highest BCUT2D eigenvalue weighted by molar-refractivity contribution is 5.82. The Bertz CT molecular complexity index is 435. The number of esters is 1. The van der Waals surface area contributed by atoms with Crippen molar-refractivity contribution in [1.82, 2.24) is 0 Å². The fourth-order valence-electron chi connectivity index (χ4n) is 4.30. The molecular weight excluding hydrogens is 228 g/mol. The lowest BCUT2D eigenvalue weighted by Crippen LogP contribution is -2.45. The summed E-state index contributed by atoms with van der Waals surface area (Å²) in [6, 6.07) is 0. The number of carbonyl (C=O) groups is 1. The van der Waals surface area contributed by atoms with Gasteiger partial charge in [0.2, 0.25) is 0 Å². The molecule has 0 aromatic rings. The normalized spacial score (nSPS) is 47.7. The summed E-state index contributed by atoms with van der Waals surface area (Å²) in [5.41, 5.74) is 1.58. The van der Waals surface area contributed by atoms with Gasteiger partial charge in [0.1, 0.15) is 6.10 Å². The van der Waals surface area contributed by atoms with E-state index in [4.69, 9.17) is 4.74 Å². The van der Waals surface area contributed by atoms with Gasteiger partial charge in [-0.3, -0.25) is 0 Å². The zero-order chi connectivity index (χ0) is 13.1. The van der Waals surface area contributed by atoms with Gasteiger partial charge in [-0.25, -0.2) is 4.79 Å². The molecule has 0 aromatic heterocycles. The van der Waals surface area contributed by atoms with Crippen molar-refractivity contribution >= 4 is 5.97 Å². The summed E-state index contributed by atoms with van der Waals surface area (Å²) in [6.07, 6.45) is 5.29. The van der Waals surface area contributed by atoms with E-state index < -0.39 is 11.6 Å². The van der Waals surface area contributed by atoms with Crippen molar-refractivity contribution < 1.29 is 14.6 Å². The third-order valence-electron chi connectivity index (χ3n) is 5.42. The highest BCUT2D eigenvalue weighted by atomic mass is 16.6. The maximum absolute atomic E-state index is 11.9. The molecule has 4 atom stereocenters. The third-order valence-corrected chi connectivity index (χ3v) is 5.42. The van der Waals surface area contributed by atoms with E-state index in [1.54, 1.807) is 6.92 Å². The predicted molar refractivity (Wildman–Crippen MR) is 67.9 cm³/mol. The molecule has 18 heavy (non-hydrogen) atoms. The Morgan fingerprint density at radius 2 is 2.06 bits per heavy atom. The summed E-state index contributed by atoms with van der Waals surface area (Å²) in [6.45, 7) is 6.07. The summed E-state index contributed by atoms with van der Waals surface area (Å²) in [7, 11) is 0. The van der Waals surface area contributed by atoms with Gasteiger partial charge in [-0.1, -0.05) is 12.5 Å². The standard InChI is InChI=1S/C15H22O3/c1-9-5-4-7-14(2)8-6-10-12(11(9)14)18-13(16)15(10,3)17/h10,12,17H,4-8H2,1-3H3/t10-,12+,14-,15-/m1/s1. The number of hydrogen-bond acceptors (Lipinski definition) is 3. The Morgan fingerprint density at radius 3 is 2.78 bits per heavy atom. The number of allylic oxidation sites excluding steroid dienone is 1. The SMILES string of the molecule is CC1=C2[C@H]3OC(=O)[C@](C)(O)[C@@H]3CC[C@@]2(C)CCC1. The highest BCUT2D eigenvalue weighted by Gasteiger charge is 2.59. The van der Waals surface area contributed by atoms with Crippen LogP contribution in [0.25, 0.3) is 0 Å². The zero-order valence-electron chi connectivity index (χ0n) is 11.5. The Morgan fingerprint density at radius 1 is 1.33 bits per heavy atom. The van der Waals surface area contributed by atoms with Gasteiger partial charge >= 0.3 is 5.97 Å². The Kier molecular flexibility index (Phi) is 2.44. The zero-order valence-corrected chi connectivity index (χ0v) is 11.5. The first-order valence-corrected chi connectivity index (χ1v) is 7.00. The van der Waals surface area contributed by atoms with Crippen LogP contribution in [0, 0.1) is 11.3 Å². The molecule has 1 saturated carbocycles. The summed E-state index contributed by atoms with van der Waals surface area (Å²) in [4.78, 5) is 11.9. The van der Waals surface area contributed by atoms with Gasteiger partial charge < -0.3 is 9.84 Å². The largest absolute Gasteiger partial charge is 0.455 e.